The molecule has 0 fully saturated rings. The van der Waals surface area contributed by atoms with Crippen molar-refractivity contribution >= 4 is 5.71 Å². The molecule has 0 aliphatic carbocycles. The van der Waals surface area contributed by atoms with Crippen LogP contribution in [0, 0.1) is 12.7 Å². The fourth-order valence-electron chi connectivity index (χ4n) is 1.09. The molecule has 3 nitrogen and oxygen atoms in total. The Hall–Kier alpha value is -1.42. The van der Waals surface area contributed by atoms with Gasteiger partial charge in [0.05, 0.1) is 11.8 Å². The Morgan fingerprint density at radius 1 is 1.44 bits per heavy atom. The topological polar surface area (TPSA) is 41.8 Å². The van der Waals surface area contributed by atoms with Gasteiger partial charge in [-0.3, -0.25) is 0 Å². The van der Waals surface area contributed by atoms with Crippen LogP contribution < -0.4 is 0 Å². The first-order valence-corrected chi connectivity index (χ1v) is 6.10. The van der Waals surface area contributed by atoms with E-state index in [4.69, 9.17) is 9.94 Å². The van der Waals surface area contributed by atoms with Gasteiger partial charge in [-0.1, -0.05) is 30.6 Å². The molecule has 4 heteroatoms. The second-order valence-corrected chi connectivity index (χ2v) is 3.78. The van der Waals surface area contributed by atoms with E-state index in [1.807, 2.05) is 20.8 Å². The first-order valence-electron chi connectivity index (χ1n) is 6.10. The molecule has 1 aromatic carbocycles. The Labute approximate surface area is 108 Å². The normalized spacial score (nSPS) is 12.5. The van der Waals surface area contributed by atoms with Crippen molar-refractivity contribution in [1.82, 2.24) is 0 Å². The van der Waals surface area contributed by atoms with E-state index in [-0.39, 0.29) is 12.4 Å². The summed E-state index contributed by atoms with van der Waals surface area (Å²) in [6.07, 6.45) is -0.651. The first kappa shape index (κ1) is 16.6. The maximum Gasteiger partial charge on any atom is 0.145 e. The molecule has 1 atom stereocenters. The Bertz CT molecular complexity index is 389. The molecule has 0 aliphatic rings. The lowest BCUT2D eigenvalue weighted by molar-refractivity contribution is 0.122. The third-order valence-corrected chi connectivity index (χ3v) is 2.23. The van der Waals surface area contributed by atoms with Crippen LogP contribution in [0.3, 0.4) is 0 Å². The van der Waals surface area contributed by atoms with Gasteiger partial charge in [-0.2, -0.15) is 0 Å². The molecule has 1 unspecified atom stereocenters. The lowest BCUT2D eigenvalue weighted by Crippen LogP contribution is -2.12. The highest BCUT2D eigenvalue weighted by Crippen LogP contribution is 2.11. The summed E-state index contributed by atoms with van der Waals surface area (Å²) in [5.74, 6) is -0.310. The van der Waals surface area contributed by atoms with Crippen molar-refractivity contribution in [2.75, 3.05) is 0 Å². The Morgan fingerprint density at radius 3 is 2.61 bits per heavy atom. The molecule has 0 aliphatic heterocycles. The lowest BCUT2D eigenvalue weighted by atomic mass is 10.1. The zero-order valence-corrected chi connectivity index (χ0v) is 11.7. The number of aliphatic hydroxyl groups is 1. The van der Waals surface area contributed by atoms with Gasteiger partial charge < -0.3 is 9.94 Å². The van der Waals surface area contributed by atoms with Crippen LogP contribution in [0.2, 0.25) is 0 Å². The van der Waals surface area contributed by atoms with Gasteiger partial charge in [0.25, 0.3) is 0 Å². The van der Waals surface area contributed by atoms with E-state index in [9.17, 15) is 4.39 Å². The van der Waals surface area contributed by atoms with E-state index >= 15 is 0 Å². The molecule has 0 heterocycles. The molecule has 1 N–H and O–H groups in total. The summed E-state index contributed by atoms with van der Waals surface area (Å²) < 4.78 is 13.3. The Kier molecular flexibility index (Phi) is 7.96. The molecule has 1 aromatic rings. The fraction of sp³-hybridized carbons (Fsp3) is 0.500. The molecular weight excluding hydrogens is 233 g/mol. The lowest BCUT2D eigenvalue weighted by Gasteiger charge is -2.05. The highest BCUT2D eigenvalue weighted by Gasteiger charge is 2.04. The standard InChI is InChI=1S/C12H16FNO2.C2H6/c1-8-4-5-12(13)11(6-8)7-16-14-9(2)10(3)15;1-2/h4-6,10,15H,7H2,1-3H3;1-2H3/b14-9+;. The highest BCUT2D eigenvalue weighted by molar-refractivity contribution is 5.85. The molecule has 0 aromatic heterocycles. The summed E-state index contributed by atoms with van der Waals surface area (Å²) in [4.78, 5) is 4.97. The molecule has 0 amide bonds. The summed E-state index contributed by atoms with van der Waals surface area (Å²) >= 11 is 0. The van der Waals surface area contributed by atoms with Crippen LogP contribution in [0.1, 0.15) is 38.8 Å². The van der Waals surface area contributed by atoms with E-state index in [0.29, 0.717) is 11.3 Å². The van der Waals surface area contributed by atoms with Gasteiger partial charge in [0.15, 0.2) is 0 Å². The number of halogens is 1. The molecule has 0 saturated carbocycles. The van der Waals surface area contributed by atoms with Crippen LogP contribution in [-0.4, -0.2) is 16.9 Å². The van der Waals surface area contributed by atoms with E-state index < -0.39 is 6.10 Å². The average molecular weight is 255 g/mol. The van der Waals surface area contributed by atoms with Crippen molar-refractivity contribution in [1.29, 1.82) is 0 Å². The summed E-state index contributed by atoms with van der Waals surface area (Å²) in [6.45, 7) is 9.19. The molecule has 0 bridgehead atoms. The summed E-state index contributed by atoms with van der Waals surface area (Å²) in [5, 5.41) is 12.8. The van der Waals surface area contributed by atoms with Crippen LogP contribution in [0.15, 0.2) is 23.4 Å². The third-order valence-electron chi connectivity index (χ3n) is 2.23. The summed E-state index contributed by atoms with van der Waals surface area (Å²) in [5.41, 5.74) is 1.89. The van der Waals surface area contributed by atoms with Gasteiger partial charge >= 0.3 is 0 Å². The van der Waals surface area contributed by atoms with Crippen molar-refractivity contribution in [2.24, 2.45) is 5.16 Å². The smallest absolute Gasteiger partial charge is 0.145 e. The second kappa shape index (κ2) is 8.64. The van der Waals surface area contributed by atoms with E-state index in [1.165, 1.54) is 6.07 Å². The van der Waals surface area contributed by atoms with Gasteiger partial charge in [-0.25, -0.2) is 4.39 Å². The van der Waals surface area contributed by atoms with Crippen LogP contribution in [-0.2, 0) is 11.4 Å². The molecule has 0 spiro atoms. The number of hydrogen-bond acceptors (Lipinski definition) is 3. The predicted octanol–water partition coefficient (Wildman–Crippen LogP) is 3.43. The number of hydrogen-bond donors (Lipinski definition) is 1. The maximum atomic E-state index is 13.3. The minimum Gasteiger partial charge on any atom is -0.391 e. The minimum absolute atomic E-state index is 0.0670. The van der Waals surface area contributed by atoms with E-state index in [2.05, 4.69) is 5.16 Å². The average Bonchev–Trinajstić information content (AvgIpc) is 2.35. The van der Waals surface area contributed by atoms with Gasteiger partial charge in [0, 0.05) is 5.56 Å². The molecule has 1 rings (SSSR count). The molecule has 102 valence electrons. The number of aliphatic hydroxyl groups excluding tert-OH is 1. The number of benzene rings is 1. The zero-order valence-electron chi connectivity index (χ0n) is 11.7. The largest absolute Gasteiger partial charge is 0.391 e. The van der Waals surface area contributed by atoms with Crippen molar-refractivity contribution in [3.63, 3.8) is 0 Å². The third kappa shape index (κ3) is 5.77. The molecule has 0 saturated heterocycles. The molecular formula is C14H22FNO2. The number of oxime groups is 1. The quantitative estimate of drug-likeness (QED) is 0.661. The van der Waals surface area contributed by atoms with Gasteiger partial charge in [-0.15, -0.1) is 0 Å². The predicted molar refractivity (Wildman–Crippen MR) is 72.1 cm³/mol. The van der Waals surface area contributed by atoms with Crippen molar-refractivity contribution in [3.8, 4) is 0 Å². The number of rotatable bonds is 4. The van der Waals surface area contributed by atoms with Crippen LogP contribution in [0.25, 0.3) is 0 Å². The van der Waals surface area contributed by atoms with Crippen molar-refractivity contribution in [3.05, 3.63) is 35.1 Å². The molecule has 0 radical (unpaired) electrons. The van der Waals surface area contributed by atoms with Crippen molar-refractivity contribution < 1.29 is 14.3 Å². The van der Waals surface area contributed by atoms with Crippen molar-refractivity contribution in [2.45, 2.75) is 47.3 Å². The minimum atomic E-state index is -0.651. The fourth-order valence-corrected chi connectivity index (χ4v) is 1.09. The van der Waals surface area contributed by atoms with Crippen LogP contribution in [0.4, 0.5) is 4.39 Å². The number of aryl methyl sites for hydroxylation is 1. The summed E-state index contributed by atoms with van der Waals surface area (Å²) in [6, 6.07) is 4.81. The van der Waals surface area contributed by atoms with Gasteiger partial charge in [-0.05, 0) is 32.9 Å². The summed E-state index contributed by atoms with van der Waals surface area (Å²) in [7, 11) is 0. The Morgan fingerprint density at radius 2 is 2.06 bits per heavy atom. The van der Waals surface area contributed by atoms with Gasteiger partial charge in [0.2, 0.25) is 0 Å². The van der Waals surface area contributed by atoms with Gasteiger partial charge in [0.1, 0.15) is 12.4 Å². The van der Waals surface area contributed by atoms with E-state index in [1.54, 1.807) is 26.0 Å². The maximum absolute atomic E-state index is 13.3. The SMILES string of the molecule is C/C(=N\OCc1cc(C)ccc1F)C(C)O.CC. The first-order chi connectivity index (χ1) is 8.50. The van der Waals surface area contributed by atoms with E-state index in [0.717, 1.165) is 5.56 Å². The second-order valence-electron chi connectivity index (χ2n) is 3.78. The number of nitrogens with zero attached hydrogens (tertiary/aromatic N) is 1. The highest BCUT2D eigenvalue weighted by atomic mass is 19.1. The zero-order chi connectivity index (χ0) is 14.1. The molecule has 18 heavy (non-hydrogen) atoms. The van der Waals surface area contributed by atoms with Crippen LogP contribution in [0.5, 0.6) is 0 Å². The van der Waals surface area contributed by atoms with Crippen LogP contribution >= 0.6 is 0 Å². The monoisotopic (exact) mass is 255 g/mol. The Balaban J connectivity index is 0.00000137.